The number of hydrogen-bond acceptors (Lipinski definition) is 4. The van der Waals surface area contributed by atoms with Crippen molar-refractivity contribution in [2.75, 3.05) is 27.4 Å². The van der Waals surface area contributed by atoms with Gasteiger partial charge in [0, 0.05) is 5.56 Å². The van der Waals surface area contributed by atoms with E-state index in [9.17, 15) is 4.79 Å². The summed E-state index contributed by atoms with van der Waals surface area (Å²) in [5, 5.41) is 3.16. The zero-order valence-electron chi connectivity index (χ0n) is 13.0. The highest BCUT2D eigenvalue weighted by atomic mass is 35.5. The normalized spacial score (nSPS) is 10.0. The van der Waals surface area contributed by atoms with Crippen LogP contribution in [0.4, 0.5) is 0 Å². The van der Waals surface area contributed by atoms with Crippen LogP contribution in [0.2, 0.25) is 5.02 Å². The maximum atomic E-state index is 12.0. The Bertz CT molecular complexity index is 675. The average Bonchev–Trinajstić information content (AvgIpc) is 2.58. The zero-order chi connectivity index (χ0) is 16.7. The fourth-order valence-corrected chi connectivity index (χ4v) is 2.23. The highest BCUT2D eigenvalue weighted by molar-refractivity contribution is 6.32. The smallest absolute Gasteiger partial charge is 0.251 e. The van der Waals surface area contributed by atoms with Gasteiger partial charge >= 0.3 is 0 Å². The van der Waals surface area contributed by atoms with E-state index in [1.165, 1.54) is 7.11 Å². The van der Waals surface area contributed by atoms with Gasteiger partial charge in [0.25, 0.3) is 5.91 Å². The summed E-state index contributed by atoms with van der Waals surface area (Å²) < 4.78 is 15.8. The first kappa shape index (κ1) is 17.0. The highest BCUT2D eigenvalue weighted by Gasteiger charge is 2.09. The molecule has 5 nitrogen and oxygen atoms in total. The van der Waals surface area contributed by atoms with Crippen molar-refractivity contribution in [3.63, 3.8) is 0 Å². The quantitative estimate of drug-likeness (QED) is 0.790. The number of carbonyl (C=O) groups is 1. The molecule has 0 aliphatic carbocycles. The van der Waals surface area contributed by atoms with E-state index in [0.717, 1.165) is 0 Å². The van der Waals surface area contributed by atoms with Crippen LogP contribution in [0.15, 0.2) is 42.5 Å². The van der Waals surface area contributed by atoms with Crippen LogP contribution in [-0.4, -0.2) is 33.3 Å². The van der Waals surface area contributed by atoms with Gasteiger partial charge in [0.2, 0.25) is 0 Å². The summed E-state index contributed by atoms with van der Waals surface area (Å²) in [7, 11) is 3.10. The number of methoxy groups -OCH3 is 2. The first-order valence-electron chi connectivity index (χ1n) is 7.03. The van der Waals surface area contributed by atoms with E-state index in [1.54, 1.807) is 25.3 Å². The van der Waals surface area contributed by atoms with Crippen molar-refractivity contribution < 1.29 is 19.0 Å². The van der Waals surface area contributed by atoms with Crippen LogP contribution in [0.3, 0.4) is 0 Å². The summed E-state index contributed by atoms with van der Waals surface area (Å²) >= 11 is 6.00. The number of halogens is 1. The third-order valence-corrected chi connectivity index (χ3v) is 3.42. The molecule has 0 heterocycles. The Morgan fingerprint density at radius 2 is 1.74 bits per heavy atom. The largest absolute Gasteiger partial charge is 0.495 e. The lowest BCUT2D eigenvalue weighted by Crippen LogP contribution is -2.28. The van der Waals surface area contributed by atoms with Crippen LogP contribution in [0.25, 0.3) is 0 Å². The van der Waals surface area contributed by atoms with E-state index >= 15 is 0 Å². The van der Waals surface area contributed by atoms with Gasteiger partial charge in [-0.1, -0.05) is 23.7 Å². The monoisotopic (exact) mass is 335 g/mol. The number of hydrogen-bond donors (Lipinski definition) is 1. The molecule has 0 radical (unpaired) electrons. The second-order valence-electron chi connectivity index (χ2n) is 4.60. The van der Waals surface area contributed by atoms with Gasteiger partial charge in [-0.2, -0.15) is 0 Å². The SMILES string of the molecule is COc1ccc(C(=O)NCCOc2ccccc2OC)cc1Cl. The molecular formula is C17H18ClNO4. The van der Waals surface area contributed by atoms with Crippen LogP contribution >= 0.6 is 11.6 Å². The van der Waals surface area contributed by atoms with Crippen molar-refractivity contribution in [2.24, 2.45) is 0 Å². The van der Waals surface area contributed by atoms with Crippen molar-refractivity contribution in [1.29, 1.82) is 0 Å². The molecule has 122 valence electrons. The number of benzene rings is 2. The fourth-order valence-electron chi connectivity index (χ4n) is 1.97. The van der Waals surface area contributed by atoms with Crippen LogP contribution < -0.4 is 19.5 Å². The maximum absolute atomic E-state index is 12.0. The van der Waals surface area contributed by atoms with Gasteiger partial charge in [-0.25, -0.2) is 0 Å². The van der Waals surface area contributed by atoms with E-state index in [4.69, 9.17) is 25.8 Å². The van der Waals surface area contributed by atoms with Crippen molar-refractivity contribution in [2.45, 2.75) is 0 Å². The molecule has 6 heteroatoms. The summed E-state index contributed by atoms with van der Waals surface area (Å²) in [6.45, 7) is 0.691. The lowest BCUT2D eigenvalue weighted by atomic mass is 10.2. The molecule has 1 amide bonds. The van der Waals surface area contributed by atoms with Crippen molar-refractivity contribution in [3.05, 3.63) is 53.1 Å². The van der Waals surface area contributed by atoms with Crippen LogP contribution in [0.1, 0.15) is 10.4 Å². The molecule has 0 aliphatic heterocycles. The molecule has 2 aromatic rings. The second-order valence-corrected chi connectivity index (χ2v) is 5.01. The summed E-state index contributed by atoms with van der Waals surface area (Å²) in [6, 6.07) is 12.2. The predicted molar refractivity (Wildman–Crippen MR) is 88.8 cm³/mol. The maximum Gasteiger partial charge on any atom is 0.251 e. The van der Waals surface area contributed by atoms with Gasteiger partial charge < -0.3 is 19.5 Å². The van der Waals surface area contributed by atoms with Crippen LogP contribution in [0, 0.1) is 0 Å². The molecule has 0 aromatic heterocycles. The van der Waals surface area contributed by atoms with E-state index in [1.807, 2.05) is 24.3 Å². The molecule has 0 saturated heterocycles. The van der Waals surface area contributed by atoms with E-state index in [0.29, 0.717) is 41.0 Å². The lowest BCUT2D eigenvalue weighted by molar-refractivity contribution is 0.0947. The molecule has 0 spiro atoms. The molecular weight excluding hydrogens is 318 g/mol. The van der Waals surface area contributed by atoms with Gasteiger partial charge in [0.1, 0.15) is 12.4 Å². The number of rotatable bonds is 7. The van der Waals surface area contributed by atoms with Crippen LogP contribution in [-0.2, 0) is 0 Å². The molecule has 2 aromatic carbocycles. The van der Waals surface area contributed by atoms with E-state index in [-0.39, 0.29) is 5.91 Å². The summed E-state index contributed by atoms with van der Waals surface area (Å²) in [5.41, 5.74) is 0.466. The minimum atomic E-state index is -0.224. The molecule has 23 heavy (non-hydrogen) atoms. The Labute approximate surface area is 140 Å². The number of para-hydroxylation sites is 2. The number of amides is 1. The van der Waals surface area contributed by atoms with Gasteiger partial charge in [0.05, 0.1) is 25.8 Å². The van der Waals surface area contributed by atoms with Crippen molar-refractivity contribution >= 4 is 17.5 Å². The third-order valence-electron chi connectivity index (χ3n) is 3.13. The van der Waals surface area contributed by atoms with Gasteiger partial charge in [-0.05, 0) is 30.3 Å². The molecule has 0 saturated carbocycles. The number of carbonyl (C=O) groups excluding carboxylic acids is 1. The van der Waals surface area contributed by atoms with Gasteiger partial charge in [0.15, 0.2) is 11.5 Å². The average molecular weight is 336 g/mol. The number of ether oxygens (including phenoxy) is 3. The minimum Gasteiger partial charge on any atom is -0.495 e. The summed E-state index contributed by atoms with van der Waals surface area (Å²) in [4.78, 5) is 12.0. The Morgan fingerprint density at radius 1 is 1.04 bits per heavy atom. The van der Waals surface area contributed by atoms with Crippen LogP contribution in [0.5, 0.6) is 17.2 Å². The molecule has 0 bridgehead atoms. The van der Waals surface area contributed by atoms with E-state index in [2.05, 4.69) is 5.32 Å². The molecule has 0 unspecified atom stereocenters. The molecule has 0 aliphatic rings. The molecule has 0 fully saturated rings. The minimum absolute atomic E-state index is 0.224. The van der Waals surface area contributed by atoms with Crippen molar-refractivity contribution in [3.8, 4) is 17.2 Å². The Balaban J connectivity index is 1.84. The molecule has 1 N–H and O–H groups in total. The first-order chi connectivity index (χ1) is 11.2. The van der Waals surface area contributed by atoms with E-state index < -0.39 is 0 Å². The molecule has 0 atom stereocenters. The zero-order valence-corrected chi connectivity index (χ0v) is 13.7. The van der Waals surface area contributed by atoms with Gasteiger partial charge in [-0.3, -0.25) is 4.79 Å². The highest BCUT2D eigenvalue weighted by Crippen LogP contribution is 2.26. The fraction of sp³-hybridized carbons (Fsp3) is 0.235. The summed E-state index contributed by atoms with van der Waals surface area (Å²) in [5.74, 6) is 1.60. The third kappa shape index (κ3) is 4.53. The lowest BCUT2D eigenvalue weighted by Gasteiger charge is -2.11. The summed E-state index contributed by atoms with van der Waals surface area (Å²) in [6.07, 6.45) is 0. The topological polar surface area (TPSA) is 56.8 Å². The standard InChI is InChI=1S/C17H18ClNO4/c1-21-14-8-7-12(11-13(14)18)17(20)19-9-10-23-16-6-4-3-5-15(16)22-2/h3-8,11H,9-10H2,1-2H3,(H,19,20). The second kappa shape index (κ2) is 8.29. The van der Waals surface area contributed by atoms with Crippen molar-refractivity contribution in [1.82, 2.24) is 5.32 Å². The first-order valence-corrected chi connectivity index (χ1v) is 7.41. The Hall–Kier alpha value is -2.40. The molecule has 2 rings (SSSR count). The van der Waals surface area contributed by atoms with Gasteiger partial charge in [-0.15, -0.1) is 0 Å². The number of nitrogens with one attached hydrogen (secondary N) is 1. The predicted octanol–water partition coefficient (Wildman–Crippen LogP) is 3.17. The Morgan fingerprint density at radius 3 is 2.39 bits per heavy atom. The Kier molecular flexibility index (Phi) is 6.11.